The van der Waals surface area contributed by atoms with Crippen LogP contribution in [-0.2, 0) is 13.2 Å². The van der Waals surface area contributed by atoms with Gasteiger partial charge in [0.15, 0.2) is 0 Å². The summed E-state index contributed by atoms with van der Waals surface area (Å²) in [5, 5.41) is 0. The van der Waals surface area contributed by atoms with Gasteiger partial charge in [-0.15, -0.1) is 0 Å². The Balaban J connectivity index is 1.51. The van der Waals surface area contributed by atoms with E-state index in [4.69, 9.17) is 0 Å². The molecule has 0 spiro atoms. The Labute approximate surface area is 147 Å². The number of piperazine rings is 1. The molecule has 4 heterocycles. The van der Waals surface area contributed by atoms with Gasteiger partial charge in [-0.25, -0.2) is 9.97 Å². The van der Waals surface area contributed by atoms with Crippen LogP contribution in [0.15, 0.2) is 36.8 Å². The summed E-state index contributed by atoms with van der Waals surface area (Å²) in [5.41, 5.74) is 1.15. The number of nitrogens with zero attached hydrogens (tertiary/aromatic N) is 6. The van der Waals surface area contributed by atoms with E-state index in [1.807, 2.05) is 22.6 Å². The average Bonchev–Trinajstić information content (AvgIpc) is 2.98. The number of imidazole rings is 1. The lowest BCUT2D eigenvalue weighted by atomic mass is 10.2. The van der Waals surface area contributed by atoms with Crippen LogP contribution in [-0.4, -0.2) is 45.7 Å². The summed E-state index contributed by atoms with van der Waals surface area (Å²) in [5.74, 6) is 1.19. The fourth-order valence-electron chi connectivity index (χ4n) is 3.23. The van der Waals surface area contributed by atoms with Gasteiger partial charge in [-0.2, -0.15) is 13.2 Å². The van der Waals surface area contributed by atoms with E-state index < -0.39 is 11.7 Å². The highest BCUT2D eigenvalue weighted by atomic mass is 19.4. The molecule has 3 aromatic rings. The summed E-state index contributed by atoms with van der Waals surface area (Å²) < 4.78 is 40.7. The third kappa shape index (κ3) is 2.93. The van der Waals surface area contributed by atoms with Gasteiger partial charge in [-0.05, 0) is 18.2 Å². The number of pyridine rings is 2. The Kier molecular flexibility index (Phi) is 3.93. The number of hydrogen-bond acceptors (Lipinski definition) is 5. The molecule has 0 N–H and O–H groups in total. The minimum absolute atomic E-state index is 0.355. The van der Waals surface area contributed by atoms with E-state index in [0.717, 1.165) is 29.1 Å². The van der Waals surface area contributed by atoms with Crippen molar-refractivity contribution in [2.45, 2.75) is 6.18 Å². The van der Waals surface area contributed by atoms with E-state index in [1.165, 1.54) is 6.20 Å². The van der Waals surface area contributed by atoms with Crippen LogP contribution >= 0.6 is 0 Å². The van der Waals surface area contributed by atoms with Gasteiger partial charge >= 0.3 is 6.18 Å². The zero-order valence-corrected chi connectivity index (χ0v) is 14.1. The highest BCUT2D eigenvalue weighted by Crippen LogP contribution is 2.31. The number of anilines is 2. The van der Waals surface area contributed by atoms with Gasteiger partial charge in [0, 0.05) is 45.6 Å². The molecule has 26 heavy (non-hydrogen) atoms. The van der Waals surface area contributed by atoms with Crippen molar-refractivity contribution in [1.82, 2.24) is 19.5 Å². The number of aromatic nitrogens is 4. The molecular weight excluding hydrogens is 345 g/mol. The van der Waals surface area contributed by atoms with Gasteiger partial charge < -0.3 is 14.4 Å². The Bertz CT molecular complexity index is 928. The van der Waals surface area contributed by atoms with E-state index in [0.29, 0.717) is 32.0 Å². The third-order valence-electron chi connectivity index (χ3n) is 4.62. The standard InChI is InChI=1S/C17H17F3N6/c1-24-14-3-4-21-11-13(14)23-16(24)26-8-6-25(7-9-26)15-10-12(2-5-22-15)17(18,19)20/h2-5,10-11H,6-9H2,1H3. The third-order valence-corrected chi connectivity index (χ3v) is 4.62. The second-order valence-electron chi connectivity index (χ2n) is 6.21. The SMILES string of the molecule is Cn1c(N2CCN(c3cc(C(F)(F)F)ccn3)CC2)nc2cnccc21. The molecule has 0 atom stereocenters. The molecule has 136 valence electrons. The van der Waals surface area contributed by atoms with Crippen LogP contribution in [0.2, 0.25) is 0 Å². The summed E-state index contributed by atoms with van der Waals surface area (Å²) in [6, 6.07) is 4.01. The van der Waals surface area contributed by atoms with E-state index in [2.05, 4.69) is 19.9 Å². The van der Waals surface area contributed by atoms with Crippen molar-refractivity contribution in [2.75, 3.05) is 36.0 Å². The minimum Gasteiger partial charge on any atom is -0.353 e. The molecule has 0 bridgehead atoms. The summed E-state index contributed by atoms with van der Waals surface area (Å²) >= 11 is 0. The van der Waals surface area contributed by atoms with E-state index >= 15 is 0 Å². The van der Waals surface area contributed by atoms with Crippen molar-refractivity contribution >= 4 is 22.8 Å². The summed E-state index contributed by atoms with van der Waals surface area (Å²) in [6.07, 6.45) is 0.302. The predicted molar refractivity (Wildman–Crippen MR) is 92.2 cm³/mol. The maximum absolute atomic E-state index is 12.9. The highest BCUT2D eigenvalue weighted by molar-refractivity contribution is 5.77. The molecule has 0 aliphatic carbocycles. The molecule has 6 nitrogen and oxygen atoms in total. The molecule has 4 rings (SSSR count). The smallest absolute Gasteiger partial charge is 0.353 e. The molecule has 9 heteroatoms. The van der Waals surface area contributed by atoms with Crippen LogP contribution in [0.3, 0.4) is 0 Å². The van der Waals surface area contributed by atoms with E-state index in [1.54, 1.807) is 12.4 Å². The summed E-state index contributed by atoms with van der Waals surface area (Å²) in [6.45, 7) is 2.47. The maximum atomic E-state index is 12.9. The molecule has 0 radical (unpaired) electrons. The van der Waals surface area contributed by atoms with Crippen molar-refractivity contribution in [3.63, 3.8) is 0 Å². The van der Waals surface area contributed by atoms with Crippen LogP contribution in [0.25, 0.3) is 11.0 Å². The van der Waals surface area contributed by atoms with Crippen molar-refractivity contribution in [3.8, 4) is 0 Å². The largest absolute Gasteiger partial charge is 0.416 e. The van der Waals surface area contributed by atoms with Gasteiger partial charge in [0.1, 0.15) is 11.3 Å². The summed E-state index contributed by atoms with van der Waals surface area (Å²) in [4.78, 5) is 16.8. The van der Waals surface area contributed by atoms with E-state index in [9.17, 15) is 13.2 Å². The molecule has 1 fully saturated rings. The number of rotatable bonds is 2. The van der Waals surface area contributed by atoms with E-state index in [-0.39, 0.29) is 0 Å². The average molecular weight is 362 g/mol. The number of halogens is 3. The fourth-order valence-corrected chi connectivity index (χ4v) is 3.23. The Hall–Kier alpha value is -2.84. The van der Waals surface area contributed by atoms with Crippen LogP contribution in [0.4, 0.5) is 24.9 Å². The first kappa shape index (κ1) is 16.6. The molecule has 0 unspecified atom stereocenters. The Morgan fingerprint density at radius 2 is 1.73 bits per heavy atom. The van der Waals surface area contributed by atoms with Crippen LogP contribution in [0.1, 0.15) is 5.56 Å². The first-order valence-corrected chi connectivity index (χ1v) is 8.23. The van der Waals surface area contributed by atoms with Gasteiger partial charge in [0.2, 0.25) is 5.95 Å². The minimum atomic E-state index is -4.36. The van der Waals surface area contributed by atoms with Crippen LogP contribution in [0, 0.1) is 0 Å². The van der Waals surface area contributed by atoms with Crippen LogP contribution in [0.5, 0.6) is 0 Å². The second kappa shape index (κ2) is 6.15. The first-order valence-electron chi connectivity index (χ1n) is 8.23. The van der Waals surface area contributed by atoms with Crippen molar-refractivity contribution in [2.24, 2.45) is 7.05 Å². The molecule has 3 aromatic heterocycles. The maximum Gasteiger partial charge on any atom is 0.416 e. The molecule has 0 amide bonds. The predicted octanol–water partition coefficient (Wildman–Crippen LogP) is 2.71. The van der Waals surface area contributed by atoms with Crippen molar-refractivity contribution < 1.29 is 13.2 Å². The van der Waals surface area contributed by atoms with Crippen molar-refractivity contribution in [3.05, 3.63) is 42.4 Å². The Morgan fingerprint density at radius 1 is 1.00 bits per heavy atom. The molecule has 1 aliphatic heterocycles. The zero-order valence-electron chi connectivity index (χ0n) is 14.1. The lowest BCUT2D eigenvalue weighted by Crippen LogP contribution is -2.47. The van der Waals surface area contributed by atoms with Gasteiger partial charge in [0.05, 0.1) is 17.3 Å². The quantitative estimate of drug-likeness (QED) is 0.702. The fraction of sp³-hybridized carbons (Fsp3) is 0.353. The monoisotopic (exact) mass is 362 g/mol. The van der Waals surface area contributed by atoms with Crippen LogP contribution < -0.4 is 9.80 Å². The van der Waals surface area contributed by atoms with Gasteiger partial charge in [-0.3, -0.25) is 4.98 Å². The number of fused-ring (bicyclic) bond motifs is 1. The second-order valence-corrected chi connectivity index (χ2v) is 6.21. The molecule has 0 saturated carbocycles. The lowest BCUT2D eigenvalue weighted by molar-refractivity contribution is -0.137. The van der Waals surface area contributed by atoms with Gasteiger partial charge in [0.25, 0.3) is 0 Å². The normalized spacial score (nSPS) is 15.7. The highest BCUT2D eigenvalue weighted by Gasteiger charge is 2.31. The lowest BCUT2D eigenvalue weighted by Gasteiger charge is -2.36. The number of aryl methyl sites for hydroxylation is 1. The molecule has 1 aliphatic rings. The molecule has 0 aromatic carbocycles. The molecular formula is C17H17F3N6. The summed E-state index contributed by atoms with van der Waals surface area (Å²) in [7, 11) is 1.95. The number of alkyl halides is 3. The van der Waals surface area contributed by atoms with Gasteiger partial charge in [-0.1, -0.05) is 0 Å². The topological polar surface area (TPSA) is 50.1 Å². The Morgan fingerprint density at radius 3 is 2.42 bits per heavy atom. The first-order chi connectivity index (χ1) is 12.4. The molecule has 1 saturated heterocycles. The number of hydrogen-bond donors (Lipinski definition) is 0. The zero-order chi connectivity index (χ0) is 18.3. The van der Waals surface area contributed by atoms with Crippen molar-refractivity contribution in [1.29, 1.82) is 0 Å².